The Bertz CT molecular complexity index is 272. The molecular weight excluding hydrogens is 214 g/mol. The van der Waals surface area contributed by atoms with Crippen LogP contribution in [0.1, 0.15) is 58.3 Å². The third kappa shape index (κ3) is 2.35. The molecule has 17 heavy (non-hydrogen) atoms. The van der Waals surface area contributed by atoms with Gasteiger partial charge in [-0.05, 0) is 50.5 Å². The Balaban J connectivity index is 2.04. The van der Waals surface area contributed by atoms with Crippen LogP contribution >= 0.6 is 0 Å². The number of nitrogens with one attached hydrogen (secondary N) is 1. The Labute approximate surface area is 104 Å². The number of esters is 1. The summed E-state index contributed by atoms with van der Waals surface area (Å²) in [5.74, 6) is -0.0628. The van der Waals surface area contributed by atoms with Crippen LogP contribution in [0.3, 0.4) is 0 Å². The molecule has 0 amide bonds. The Morgan fingerprint density at radius 1 is 1.12 bits per heavy atom. The van der Waals surface area contributed by atoms with E-state index in [-0.39, 0.29) is 5.97 Å². The summed E-state index contributed by atoms with van der Waals surface area (Å²) in [5, 5.41) is 3.38. The van der Waals surface area contributed by atoms with Gasteiger partial charge in [-0.25, -0.2) is 0 Å². The molecule has 1 spiro atoms. The van der Waals surface area contributed by atoms with Crippen molar-refractivity contribution in [3.63, 3.8) is 0 Å². The van der Waals surface area contributed by atoms with Gasteiger partial charge in [-0.2, -0.15) is 0 Å². The van der Waals surface area contributed by atoms with Crippen LogP contribution in [0, 0.1) is 5.41 Å². The lowest BCUT2D eigenvalue weighted by Gasteiger charge is -2.43. The summed E-state index contributed by atoms with van der Waals surface area (Å²) in [6.45, 7) is 2.90. The van der Waals surface area contributed by atoms with Crippen LogP contribution in [0.5, 0.6) is 0 Å². The first-order chi connectivity index (χ1) is 8.16. The zero-order valence-corrected chi connectivity index (χ0v) is 11.2. The van der Waals surface area contributed by atoms with E-state index in [1.165, 1.54) is 45.6 Å². The van der Waals surface area contributed by atoms with Gasteiger partial charge in [0.2, 0.25) is 0 Å². The summed E-state index contributed by atoms with van der Waals surface area (Å²) in [7, 11) is 1.50. The molecule has 0 unspecified atom stereocenters. The van der Waals surface area contributed by atoms with Gasteiger partial charge >= 0.3 is 5.97 Å². The van der Waals surface area contributed by atoms with Crippen molar-refractivity contribution in [1.82, 2.24) is 5.32 Å². The highest BCUT2D eigenvalue weighted by Crippen LogP contribution is 2.51. The van der Waals surface area contributed by atoms with E-state index in [2.05, 4.69) is 12.2 Å². The lowest BCUT2D eigenvalue weighted by atomic mass is 9.66. The van der Waals surface area contributed by atoms with Gasteiger partial charge in [0.05, 0.1) is 7.11 Å². The largest absolute Gasteiger partial charge is 0.468 e. The zero-order valence-electron chi connectivity index (χ0n) is 11.2. The van der Waals surface area contributed by atoms with Gasteiger partial charge in [0.25, 0.3) is 0 Å². The van der Waals surface area contributed by atoms with Crippen molar-refractivity contribution >= 4 is 5.97 Å². The third-order valence-electron chi connectivity index (χ3n) is 4.92. The van der Waals surface area contributed by atoms with Crippen LogP contribution in [0.25, 0.3) is 0 Å². The Morgan fingerprint density at radius 3 is 2.18 bits per heavy atom. The van der Waals surface area contributed by atoms with E-state index < -0.39 is 5.54 Å². The number of hydrogen-bond acceptors (Lipinski definition) is 3. The van der Waals surface area contributed by atoms with Crippen molar-refractivity contribution in [2.24, 2.45) is 5.41 Å². The molecule has 0 bridgehead atoms. The minimum Gasteiger partial charge on any atom is -0.468 e. The van der Waals surface area contributed by atoms with E-state index in [1.807, 2.05) is 0 Å². The van der Waals surface area contributed by atoms with Gasteiger partial charge in [-0.15, -0.1) is 0 Å². The maximum absolute atomic E-state index is 12.0. The van der Waals surface area contributed by atoms with Gasteiger partial charge in [-0.1, -0.05) is 19.8 Å². The summed E-state index contributed by atoms with van der Waals surface area (Å²) in [6.07, 6.45) is 9.79. The first kappa shape index (κ1) is 12.9. The van der Waals surface area contributed by atoms with Gasteiger partial charge in [0, 0.05) is 0 Å². The van der Waals surface area contributed by atoms with Crippen LogP contribution in [0.4, 0.5) is 0 Å². The fraction of sp³-hybridized carbons (Fsp3) is 0.929. The van der Waals surface area contributed by atoms with Crippen LogP contribution in [-0.4, -0.2) is 25.2 Å². The molecule has 0 saturated heterocycles. The highest BCUT2D eigenvalue weighted by atomic mass is 16.5. The normalized spacial score (nSPS) is 26.0. The van der Waals surface area contributed by atoms with Crippen molar-refractivity contribution in [3.05, 3.63) is 0 Å². The molecule has 0 aromatic carbocycles. The lowest BCUT2D eigenvalue weighted by molar-refractivity contribution is -0.151. The second-order valence-electron chi connectivity index (χ2n) is 5.81. The fourth-order valence-electron chi connectivity index (χ4n) is 3.82. The van der Waals surface area contributed by atoms with E-state index in [9.17, 15) is 4.79 Å². The molecule has 0 aromatic heterocycles. The minimum atomic E-state index is -0.392. The second kappa shape index (κ2) is 4.97. The molecule has 0 atom stereocenters. The summed E-state index contributed by atoms with van der Waals surface area (Å²) < 4.78 is 5.00. The number of carbonyl (C=O) groups is 1. The number of likely N-dealkylation sites (N-methyl/N-ethyl adjacent to an activating group) is 1. The average Bonchev–Trinajstić information content (AvgIpc) is 2.81. The molecular formula is C14H25NO2. The van der Waals surface area contributed by atoms with Gasteiger partial charge in [-0.3, -0.25) is 4.79 Å². The highest BCUT2D eigenvalue weighted by molar-refractivity contribution is 5.80. The SMILES string of the molecule is CCNC1(C(=O)OC)CCC2(CCCC2)CC1. The van der Waals surface area contributed by atoms with Crippen LogP contribution < -0.4 is 5.32 Å². The maximum Gasteiger partial charge on any atom is 0.326 e. The van der Waals surface area contributed by atoms with E-state index >= 15 is 0 Å². The minimum absolute atomic E-state index is 0.0628. The van der Waals surface area contributed by atoms with E-state index in [1.54, 1.807) is 0 Å². The molecule has 2 rings (SSSR count). The number of methoxy groups -OCH3 is 1. The number of carbonyl (C=O) groups excluding carboxylic acids is 1. The average molecular weight is 239 g/mol. The molecule has 98 valence electrons. The van der Waals surface area contributed by atoms with Crippen molar-refractivity contribution in [2.75, 3.05) is 13.7 Å². The molecule has 1 N–H and O–H groups in total. The summed E-state index contributed by atoms with van der Waals surface area (Å²) in [4.78, 5) is 12.0. The Kier molecular flexibility index (Phi) is 3.76. The Morgan fingerprint density at radius 2 is 1.71 bits per heavy atom. The highest BCUT2D eigenvalue weighted by Gasteiger charge is 2.47. The quantitative estimate of drug-likeness (QED) is 0.769. The van der Waals surface area contributed by atoms with E-state index in [4.69, 9.17) is 4.74 Å². The monoisotopic (exact) mass is 239 g/mol. The fourth-order valence-corrected chi connectivity index (χ4v) is 3.82. The second-order valence-corrected chi connectivity index (χ2v) is 5.81. The van der Waals surface area contributed by atoms with Gasteiger partial charge in [0.15, 0.2) is 0 Å². The summed E-state index contributed by atoms with van der Waals surface area (Å²) in [6, 6.07) is 0. The third-order valence-corrected chi connectivity index (χ3v) is 4.92. The Hall–Kier alpha value is -0.570. The number of ether oxygens (including phenoxy) is 1. The molecule has 0 aliphatic heterocycles. The molecule has 3 heteroatoms. The van der Waals surface area contributed by atoms with Crippen molar-refractivity contribution in [3.8, 4) is 0 Å². The predicted molar refractivity (Wildman–Crippen MR) is 67.8 cm³/mol. The van der Waals surface area contributed by atoms with Crippen molar-refractivity contribution in [1.29, 1.82) is 0 Å². The van der Waals surface area contributed by atoms with E-state index in [0.717, 1.165) is 19.4 Å². The van der Waals surface area contributed by atoms with Gasteiger partial charge in [0.1, 0.15) is 5.54 Å². The maximum atomic E-state index is 12.0. The molecule has 3 nitrogen and oxygen atoms in total. The topological polar surface area (TPSA) is 38.3 Å². The molecule has 0 heterocycles. The van der Waals surface area contributed by atoms with Gasteiger partial charge < -0.3 is 10.1 Å². The molecule has 2 aliphatic carbocycles. The number of rotatable bonds is 3. The standard InChI is InChI=1S/C14H25NO2/c1-3-15-14(12(16)17-2)10-8-13(9-11-14)6-4-5-7-13/h15H,3-11H2,1-2H3. The first-order valence-corrected chi connectivity index (χ1v) is 7.00. The van der Waals surface area contributed by atoms with E-state index in [0.29, 0.717) is 5.41 Å². The predicted octanol–water partition coefficient (Wildman–Crippen LogP) is 2.64. The molecule has 2 saturated carbocycles. The number of hydrogen-bond donors (Lipinski definition) is 1. The van der Waals surface area contributed by atoms with Crippen LogP contribution in [0.15, 0.2) is 0 Å². The molecule has 0 aromatic rings. The lowest BCUT2D eigenvalue weighted by Crippen LogP contribution is -2.55. The van der Waals surface area contributed by atoms with Crippen LogP contribution in [0.2, 0.25) is 0 Å². The summed E-state index contributed by atoms with van der Waals surface area (Å²) >= 11 is 0. The zero-order chi connectivity index (χ0) is 12.4. The summed E-state index contributed by atoms with van der Waals surface area (Å²) in [5.41, 5.74) is 0.171. The molecule has 2 fully saturated rings. The smallest absolute Gasteiger partial charge is 0.326 e. The van der Waals surface area contributed by atoms with Crippen molar-refractivity contribution in [2.45, 2.75) is 63.8 Å². The van der Waals surface area contributed by atoms with Crippen LogP contribution in [-0.2, 0) is 9.53 Å². The first-order valence-electron chi connectivity index (χ1n) is 7.00. The molecule has 0 radical (unpaired) electrons. The molecule has 2 aliphatic rings. The van der Waals surface area contributed by atoms with Crippen molar-refractivity contribution < 1.29 is 9.53 Å².